The first-order chi connectivity index (χ1) is 18.3. The van der Waals surface area contributed by atoms with E-state index in [1.165, 1.54) is 6.42 Å². The number of carbonyl (C=O) groups is 1. The van der Waals surface area contributed by atoms with Gasteiger partial charge in [0.1, 0.15) is 17.2 Å². The van der Waals surface area contributed by atoms with Crippen LogP contribution in [-0.4, -0.2) is 79.8 Å². The second-order valence-electron chi connectivity index (χ2n) is 11.5. The highest BCUT2D eigenvalue weighted by molar-refractivity contribution is 5.99. The molecule has 3 aromatic rings. The normalized spacial score (nSPS) is 24.3. The molecular weight excluding hydrogens is 480 g/mol. The molecule has 2 fully saturated rings. The standard InChI is InChI=1S/C28H38N8O2/c1-18-14-34(15-19(2)35(18)16-20(3)37)22-7-8-24(29-13-22)32-27-30-12-21-11-23-26(38)31-17-28(9-5-4-6-10-28)36(23)25(21)33-27/h7-8,11-13,18-20,37H,4-6,9-10,14-17H2,1-3H3,(H,31,38)(H,29,30,32,33). The van der Waals surface area contributed by atoms with Crippen molar-refractivity contribution >= 4 is 34.4 Å². The average Bonchev–Trinajstić information content (AvgIpc) is 3.30. The van der Waals surface area contributed by atoms with E-state index in [9.17, 15) is 9.90 Å². The van der Waals surface area contributed by atoms with Gasteiger partial charge >= 0.3 is 0 Å². The van der Waals surface area contributed by atoms with Crippen LogP contribution in [0.2, 0.25) is 0 Å². The van der Waals surface area contributed by atoms with Crippen LogP contribution in [0.3, 0.4) is 0 Å². The van der Waals surface area contributed by atoms with E-state index in [1.54, 1.807) is 6.20 Å². The molecule has 3 atom stereocenters. The quantitative estimate of drug-likeness (QED) is 0.472. The Kier molecular flexibility index (Phi) is 6.47. The van der Waals surface area contributed by atoms with Crippen LogP contribution in [0.15, 0.2) is 30.6 Å². The first kappa shape index (κ1) is 25.1. The van der Waals surface area contributed by atoms with E-state index < -0.39 is 0 Å². The van der Waals surface area contributed by atoms with Gasteiger partial charge in [-0.2, -0.15) is 4.98 Å². The zero-order valence-electron chi connectivity index (χ0n) is 22.5. The Hall–Kier alpha value is -3.24. The molecule has 10 nitrogen and oxygen atoms in total. The van der Waals surface area contributed by atoms with E-state index in [2.05, 4.69) is 54.9 Å². The molecule has 3 aromatic heterocycles. The van der Waals surface area contributed by atoms with Gasteiger partial charge in [-0.3, -0.25) is 9.69 Å². The zero-order valence-corrected chi connectivity index (χ0v) is 22.5. The van der Waals surface area contributed by atoms with Crippen LogP contribution in [0.4, 0.5) is 17.5 Å². The number of β-amino-alcohol motifs (C(OH)–C–C–N with tert-alkyl or cyclic N) is 1. The Morgan fingerprint density at radius 3 is 2.58 bits per heavy atom. The maximum Gasteiger partial charge on any atom is 0.268 e. The summed E-state index contributed by atoms with van der Waals surface area (Å²) in [6, 6.07) is 6.64. The molecule has 0 radical (unpaired) electrons. The number of piperazine rings is 1. The lowest BCUT2D eigenvalue weighted by Crippen LogP contribution is -2.58. The summed E-state index contributed by atoms with van der Waals surface area (Å²) in [6.45, 7) is 9.40. The van der Waals surface area contributed by atoms with Crippen LogP contribution in [0, 0.1) is 0 Å². The van der Waals surface area contributed by atoms with Gasteiger partial charge in [0.15, 0.2) is 0 Å². The second kappa shape index (κ2) is 9.81. The maximum atomic E-state index is 12.7. The molecule has 0 aromatic carbocycles. The van der Waals surface area contributed by atoms with Gasteiger partial charge in [0, 0.05) is 49.8 Å². The van der Waals surface area contributed by atoms with E-state index in [0.717, 1.165) is 55.5 Å². The number of pyridine rings is 1. The number of anilines is 3. The lowest BCUT2D eigenvalue weighted by Gasteiger charge is -2.45. The smallest absolute Gasteiger partial charge is 0.268 e. The second-order valence-corrected chi connectivity index (χ2v) is 11.5. The number of amides is 1. The third-order valence-electron chi connectivity index (χ3n) is 8.54. The average molecular weight is 519 g/mol. The van der Waals surface area contributed by atoms with Crippen molar-refractivity contribution in [1.82, 2.24) is 29.7 Å². The molecule has 1 spiro atoms. The van der Waals surface area contributed by atoms with E-state index >= 15 is 0 Å². The SMILES string of the molecule is CC(O)CN1C(C)CN(c2ccc(Nc3ncc4cc5n(c4n3)C3(CCCCC3)CNC5=O)nc2)CC1C. The van der Waals surface area contributed by atoms with E-state index in [-0.39, 0.29) is 17.6 Å². The van der Waals surface area contributed by atoms with Gasteiger partial charge in [0.2, 0.25) is 5.95 Å². The number of hydrogen-bond donors (Lipinski definition) is 3. The number of carbonyl (C=O) groups excluding carboxylic acids is 1. The summed E-state index contributed by atoms with van der Waals surface area (Å²) in [5.74, 6) is 1.11. The maximum absolute atomic E-state index is 12.7. The van der Waals surface area contributed by atoms with Gasteiger partial charge < -0.3 is 25.2 Å². The summed E-state index contributed by atoms with van der Waals surface area (Å²) in [7, 11) is 0. The summed E-state index contributed by atoms with van der Waals surface area (Å²) >= 11 is 0. The monoisotopic (exact) mass is 518 g/mol. The molecule has 1 amide bonds. The number of nitrogens with one attached hydrogen (secondary N) is 2. The minimum atomic E-state index is -0.331. The molecule has 202 valence electrons. The van der Waals surface area contributed by atoms with Crippen molar-refractivity contribution in [2.24, 2.45) is 0 Å². The highest BCUT2D eigenvalue weighted by Gasteiger charge is 2.41. The molecule has 1 saturated heterocycles. The molecule has 3 unspecified atom stereocenters. The Bertz CT molecular complexity index is 1300. The van der Waals surface area contributed by atoms with Crippen LogP contribution >= 0.6 is 0 Å². The Labute approximate surface area is 223 Å². The van der Waals surface area contributed by atoms with Crippen molar-refractivity contribution in [1.29, 1.82) is 0 Å². The predicted molar refractivity (Wildman–Crippen MR) is 148 cm³/mol. The molecule has 38 heavy (non-hydrogen) atoms. The van der Waals surface area contributed by atoms with Crippen molar-refractivity contribution in [2.75, 3.05) is 36.4 Å². The number of nitrogens with zero attached hydrogens (tertiary/aromatic N) is 6. The summed E-state index contributed by atoms with van der Waals surface area (Å²) < 4.78 is 2.18. The van der Waals surface area contributed by atoms with E-state index in [1.807, 2.05) is 25.3 Å². The number of hydrogen-bond acceptors (Lipinski definition) is 8. The molecule has 0 bridgehead atoms. The van der Waals surface area contributed by atoms with Crippen LogP contribution in [0.1, 0.15) is 63.4 Å². The first-order valence-electron chi connectivity index (χ1n) is 13.9. The van der Waals surface area contributed by atoms with Crippen LogP contribution in [0.25, 0.3) is 11.0 Å². The van der Waals surface area contributed by atoms with Crippen molar-refractivity contribution < 1.29 is 9.90 Å². The fraction of sp³-hybridized carbons (Fsp3) is 0.571. The number of rotatable bonds is 5. The summed E-state index contributed by atoms with van der Waals surface area (Å²) in [5, 5.41) is 17.1. The fourth-order valence-corrected chi connectivity index (χ4v) is 6.72. The number of fused-ring (bicyclic) bond motifs is 4. The lowest BCUT2D eigenvalue weighted by molar-refractivity contribution is 0.0653. The largest absolute Gasteiger partial charge is 0.392 e. The summed E-state index contributed by atoms with van der Waals surface area (Å²) in [6.07, 6.45) is 9.01. The molecule has 3 aliphatic rings. The highest BCUT2D eigenvalue weighted by atomic mass is 16.3. The minimum absolute atomic E-state index is 0.0405. The molecule has 3 N–H and O–H groups in total. The fourth-order valence-electron chi connectivity index (χ4n) is 6.72. The van der Waals surface area contributed by atoms with Gasteiger partial charge in [-0.15, -0.1) is 0 Å². The minimum Gasteiger partial charge on any atom is -0.392 e. The van der Waals surface area contributed by atoms with Gasteiger partial charge in [-0.1, -0.05) is 19.3 Å². The highest BCUT2D eigenvalue weighted by Crippen LogP contribution is 2.40. The van der Waals surface area contributed by atoms with Gasteiger partial charge in [-0.25, -0.2) is 9.97 Å². The van der Waals surface area contributed by atoms with E-state index in [0.29, 0.717) is 42.6 Å². The molecule has 10 heteroatoms. The van der Waals surface area contributed by atoms with Gasteiger partial charge in [0.25, 0.3) is 5.91 Å². The third-order valence-corrected chi connectivity index (χ3v) is 8.54. The molecule has 1 aliphatic carbocycles. The summed E-state index contributed by atoms with van der Waals surface area (Å²) in [4.78, 5) is 31.5. The van der Waals surface area contributed by atoms with Crippen LogP contribution < -0.4 is 15.5 Å². The Morgan fingerprint density at radius 2 is 1.89 bits per heavy atom. The topological polar surface area (TPSA) is 111 Å². The van der Waals surface area contributed by atoms with Gasteiger partial charge in [0.05, 0.1) is 23.5 Å². The first-order valence-corrected chi connectivity index (χ1v) is 13.9. The Balaban J connectivity index is 1.22. The van der Waals surface area contributed by atoms with Crippen molar-refractivity contribution in [3.63, 3.8) is 0 Å². The third kappa shape index (κ3) is 4.49. The van der Waals surface area contributed by atoms with Crippen LogP contribution in [0.5, 0.6) is 0 Å². The molecular formula is C28H38N8O2. The number of aromatic nitrogens is 4. The molecule has 6 rings (SSSR count). The molecule has 5 heterocycles. The zero-order chi connectivity index (χ0) is 26.4. The van der Waals surface area contributed by atoms with Crippen LogP contribution in [-0.2, 0) is 5.54 Å². The van der Waals surface area contributed by atoms with Crippen molar-refractivity contribution in [2.45, 2.75) is 76.6 Å². The van der Waals surface area contributed by atoms with E-state index in [4.69, 9.17) is 4.98 Å². The summed E-state index contributed by atoms with van der Waals surface area (Å²) in [5.41, 5.74) is 2.46. The Morgan fingerprint density at radius 1 is 1.13 bits per heavy atom. The number of aliphatic hydroxyl groups excluding tert-OH is 1. The van der Waals surface area contributed by atoms with Crippen molar-refractivity contribution in [3.8, 4) is 0 Å². The lowest BCUT2D eigenvalue weighted by atomic mass is 9.80. The number of aliphatic hydroxyl groups is 1. The molecule has 1 saturated carbocycles. The van der Waals surface area contributed by atoms with Crippen molar-refractivity contribution in [3.05, 3.63) is 36.3 Å². The van der Waals surface area contributed by atoms with Gasteiger partial charge in [-0.05, 0) is 51.8 Å². The predicted octanol–water partition coefficient (Wildman–Crippen LogP) is 3.25. The molecule has 2 aliphatic heterocycles.